The Hall–Kier alpha value is -0.910. The highest BCUT2D eigenvalue weighted by atomic mass is 79.9. The molecule has 0 amide bonds. The maximum Gasteiger partial charge on any atom is 0.196 e. The number of hydrogen-bond acceptors (Lipinski definition) is 1. The van der Waals surface area contributed by atoms with Gasteiger partial charge in [-0.15, -0.1) is 0 Å². The van der Waals surface area contributed by atoms with Crippen LogP contribution in [-0.4, -0.2) is 6.29 Å². The highest BCUT2D eigenvalue weighted by molar-refractivity contribution is 9.10. The lowest BCUT2D eigenvalue weighted by Gasteiger charge is -2.02. The minimum absolute atomic E-state index is 0.224. The molecule has 0 aromatic heterocycles. The van der Waals surface area contributed by atoms with Crippen molar-refractivity contribution in [1.82, 2.24) is 0 Å². The normalized spacial score (nSPS) is 10.2. The van der Waals surface area contributed by atoms with Gasteiger partial charge in [0.1, 0.15) is 0 Å². The van der Waals surface area contributed by atoms with Crippen molar-refractivity contribution in [1.29, 1.82) is 0 Å². The molecule has 0 saturated heterocycles. The second kappa shape index (κ2) is 3.45. The van der Waals surface area contributed by atoms with Gasteiger partial charge in [-0.05, 0) is 15.9 Å². The fourth-order valence-electron chi connectivity index (χ4n) is 0.725. The Kier molecular flexibility index (Phi) is 2.70. The van der Waals surface area contributed by atoms with Crippen LogP contribution < -0.4 is 0 Å². The molecule has 0 radical (unpaired) electrons. The monoisotopic (exact) mass is 256 g/mol. The van der Waals surface area contributed by atoms with Crippen LogP contribution in [0.5, 0.6) is 0 Å². The Morgan fingerprint density at radius 1 is 0.923 bits per heavy atom. The zero-order valence-corrected chi connectivity index (χ0v) is 7.46. The molecule has 0 N–H and O–H groups in total. The van der Waals surface area contributed by atoms with E-state index >= 15 is 0 Å². The van der Waals surface area contributed by atoms with E-state index in [4.69, 9.17) is 0 Å². The van der Waals surface area contributed by atoms with Crippen LogP contribution in [0.4, 0.5) is 17.6 Å². The number of aldehydes is 1. The van der Waals surface area contributed by atoms with E-state index in [9.17, 15) is 22.4 Å². The first-order chi connectivity index (χ1) is 6.00. The van der Waals surface area contributed by atoms with Gasteiger partial charge in [0, 0.05) is 0 Å². The molecule has 1 aromatic rings. The first-order valence-electron chi connectivity index (χ1n) is 2.97. The van der Waals surface area contributed by atoms with E-state index in [0.717, 1.165) is 0 Å². The highest BCUT2D eigenvalue weighted by Gasteiger charge is 2.23. The standard InChI is InChI=1S/C7HBrF4O/c8-3-4(9)2(1-13)5(10)7(12)6(3)11/h1H. The van der Waals surface area contributed by atoms with Crippen LogP contribution in [0.15, 0.2) is 4.47 Å². The van der Waals surface area contributed by atoms with Gasteiger partial charge in [0.05, 0.1) is 10.0 Å². The van der Waals surface area contributed by atoms with E-state index in [2.05, 4.69) is 15.9 Å². The van der Waals surface area contributed by atoms with Gasteiger partial charge in [-0.3, -0.25) is 4.79 Å². The van der Waals surface area contributed by atoms with Crippen molar-refractivity contribution in [3.63, 3.8) is 0 Å². The van der Waals surface area contributed by atoms with Crippen molar-refractivity contribution in [2.24, 2.45) is 0 Å². The molecule has 70 valence electrons. The van der Waals surface area contributed by atoms with E-state index in [1.807, 2.05) is 0 Å². The maximum absolute atomic E-state index is 12.8. The van der Waals surface area contributed by atoms with Crippen molar-refractivity contribution >= 4 is 22.2 Å². The van der Waals surface area contributed by atoms with Crippen molar-refractivity contribution in [2.45, 2.75) is 0 Å². The molecule has 0 fully saturated rings. The fraction of sp³-hybridized carbons (Fsp3) is 0. The quantitative estimate of drug-likeness (QED) is 0.327. The molecule has 0 heterocycles. The molecule has 0 unspecified atom stereocenters. The Labute approximate surface area is 78.5 Å². The van der Waals surface area contributed by atoms with Crippen molar-refractivity contribution in [3.8, 4) is 0 Å². The summed E-state index contributed by atoms with van der Waals surface area (Å²) < 4.78 is 49.5. The van der Waals surface area contributed by atoms with Gasteiger partial charge in [0.2, 0.25) is 0 Å². The second-order valence-corrected chi connectivity index (χ2v) is 2.89. The van der Waals surface area contributed by atoms with Gasteiger partial charge in [0.25, 0.3) is 0 Å². The SMILES string of the molecule is O=Cc1c(F)c(F)c(F)c(Br)c1F. The molecule has 1 nitrogen and oxygen atoms in total. The number of hydrogen-bond donors (Lipinski definition) is 0. The average Bonchev–Trinajstić information content (AvgIpc) is 2.13. The summed E-state index contributed by atoms with van der Waals surface area (Å²) in [5, 5.41) is 0. The first kappa shape index (κ1) is 10.2. The number of carbonyl (C=O) groups is 1. The predicted molar refractivity (Wildman–Crippen MR) is 39.4 cm³/mol. The molecule has 0 atom stereocenters. The van der Waals surface area contributed by atoms with E-state index < -0.39 is 33.3 Å². The van der Waals surface area contributed by atoms with Crippen molar-refractivity contribution in [3.05, 3.63) is 33.3 Å². The minimum atomic E-state index is -1.88. The third-order valence-corrected chi connectivity index (χ3v) is 2.06. The third-order valence-electron chi connectivity index (χ3n) is 1.36. The van der Waals surface area contributed by atoms with Crippen LogP contribution in [0.25, 0.3) is 0 Å². The molecule has 1 rings (SSSR count). The Morgan fingerprint density at radius 3 is 1.92 bits per heavy atom. The summed E-state index contributed by atoms with van der Waals surface area (Å²) in [5.74, 6) is -6.85. The third kappa shape index (κ3) is 1.46. The summed E-state index contributed by atoms with van der Waals surface area (Å²) in [5.41, 5.74) is -1.13. The molecular formula is C7HBrF4O. The van der Waals surface area contributed by atoms with Gasteiger partial charge in [-0.2, -0.15) is 0 Å². The first-order valence-corrected chi connectivity index (χ1v) is 3.76. The van der Waals surface area contributed by atoms with Crippen LogP contribution in [0.1, 0.15) is 10.4 Å². The molecule has 0 aliphatic carbocycles. The Balaban J connectivity index is 3.66. The lowest BCUT2D eigenvalue weighted by Crippen LogP contribution is -2.03. The summed E-state index contributed by atoms with van der Waals surface area (Å²) in [7, 11) is 0. The van der Waals surface area contributed by atoms with Crippen molar-refractivity contribution in [2.75, 3.05) is 0 Å². The topological polar surface area (TPSA) is 17.1 Å². The van der Waals surface area contributed by atoms with Crippen LogP contribution >= 0.6 is 15.9 Å². The molecule has 13 heavy (non-hydrogen) atoms. The summed E-state index contributed by atoms with van der Waals surface area (Å²) >= 11 is 2.34. The number of rotatable bonds is 1. The maximum atomic E-state index is 12.8. The summed E-state index contributed by atoms with van der Waals surface area (Å²) in [6.07, 6.45) is -0.224. The number of carbonyl (C=O) groups excluding carboxylic acids is 1. The van der Waals surface area contributed by atoms with Gasteiger partial charge >= 0.3 is 0 Å². The van der Waals surface area contributed by atoms with Gasteiger partial charge in [-0.25, -0.2) is 17.6 Å². The molecule has 1 aromatic carbocycles. The fourth-order valence-corrected chi connectivity index (χ4v) is 1.11. The second-order valence-electron chi connectivity index (χ2n) is 2.10. The zero-order valence-electron chi connectivity index (χ0n) is 5.88. The average molecular weight is 257 g/mol. The predicted octanol–water partition coefficient (Wildman–Crippen LogP) is 2.82. The van der Waals surface area contributed by atoms with Gasteiger partial charge in [-0.1, -0.05) is 0 Å². The minimum Gasteiger partial charge on any atom is -0.298 e. The smallest absolute Gasteiger partial charge is 0.196 e. The Bertz CT molecular complexity index is 348. The van der Waals surface area contributed by atoms with E-state index in [-0.39, 0.29) is 6.29 Å². The Morgan fingerprint density at radius 2 is 1.46 bits per heavy atom. The number of halogens is 5. The van der Waals surface area contributed by atoms with Gasteiger partial charge in [0.15, 0.2) is 29.6 Å². The van der Waals surface area contributed by atoms with Crippen LogP contribution in [0.3, 0.4) is 0 Å². The lowest BCUT2D eigenvalue weighted by atomic mass is 10.2. The highest BCUT2D eigenvalue weighted by Crippen LogP contribution is 2.26. The molecule has 0 aliphatic rings. The molecular weight excluding hydrogens is 256 g/mol. The molecule has 0 bridgehead atoms. The largest absolute Gasteiger partial charge is 0.298 e. The molecule has 0 spiro atoms. The molecule has 6 heteroatoms. The lowest BCUT2D eigenvalue weighted by molar-refractivity contribution is 0.111. The summed E-state index contributed by atoms with van der Waals surface area (Å²) in [6, 6.07) is 0. The van der Waals surface area contributed by atoms with E-state index in [0.29, 0.717) is 0 Å². The molecule has 0 aliphatic heterocycles. The zero-order chi connectivity index (χ0) is 10.2. The van der Waals surface area contributed by atoms with E-state index in [1.54, 1.807) is 0 Å². The summed E-state index contributed by atoms with van der Waals surface area (Å²) in [4.78, 5) is 10.1. The molecule has 0 saturated carbocycles. The van der Waals surface area contributed by atoms with Crippen LogP contribution in [0.2, 0.25) is 0 Å². The van der Waals surface area contributed by atoms with Crippen LogP contribution in [-0.2, 0) is 0 Å². The van der Waals surface area contributed by atoms with E-state index in [1.165, 1.54) is 0 Å². The summed E-state index contributed by atoms with van der Waals surface area (Å²) in [6.45, 7) is 0. The van der Waals surface area contributed by atoms with Crippen LogP contribution in [0, 0.1) is 23.3 Å². The number of benzene rings is 1. The van der Waals surface area contributed by atoms with Gasteiger partial charge < -0.3 is 0 Å². The van der Waals surface area contributed by atoms with Crippen molar-refractivity contribution < 1.29 is 22.4 Å².